The van der Waals surface area contributed by atoms with E-state index >= 15 is 0 Å². The predicted molar refractivity (Wildman–Crippen MR) is 70.9 cm³/mol. The number of aryl methyl sites for hydroxylation is 1. The summed E-state index contributed by atoms with van der Waals surface area (Å²) in [7, 11) is 0. The summed E-state index contributed by atoms with van der Waals surface area (Å²) in [6.45, 7) is 2.72. The lowest BCUT2D eigenvalue weighted by Crippen LogP contribution is -2.46. The number of rotatable bonds is 4. The van der Waals surface area contributed by atoms with Crippen molar-refractivity contribution in [3.63, 3.8) is 0 Å². The molecule has 6 nitrogen and oxygen atoms in total. The second-order valence-electron chi connectivity index (χ2n) is 5.59. The molecule has 1 saturated carbocycles. The van der Waals surface area contributed by atoms with E-state index in [1.807, 2.05) is 13.1 Å². The van der Waals surface area contributed by atoms with Gasteiger partial charge in [-0.15, -0.1) is 0 Å². The van der Waals surface area contributed by atoms with Gasteiger partial charge in [-0.3, -0.25) is 14.3 Å². The number of carbonyl (C=O) groups is 2. The van der Waals surface area contributed by atoms with Crippen molar-refractivity contribution in [2.24, 2.45) is 5.92 Å². The molecule has 20 heavy (non-hydrogen) atoms. The fraction of sp³-hybridized carbons (Fsp3) is 0.643. The van der Waals surface area contributed by atoms with Gasteiger partial charge in [-0.2, -0.15) is 5.10 Å². The minimum atomic E-state index is -0.822. The fourth-order valence-electron chi connectivity index (χ4n) is 3.06. The lowest BCUT2D eigenvalue weighted by Gasteiger charge is -2.39. The highest BCUT2D eigenvalue weighted by Crippen LogP contribution is 2.43. The molecule has 0 spiro atoms. The van der Waals surface area contributed by atoms with E-state index in [2.05, 4.69) is 5.10 Å². The van der Waals surface area contributed by atoms with Gasteiger partial charge in [0.1, 0.15) is 0 Å². The molecule has 3 rings (SSSR count). The van der Waals surface area contributed by atoms with Crippen LogP contribution in [-0.4, -0.2) is 37.7 Å². The number of hydrogen-bond acceptors (Lipinski definition) is 3. The van der Waals surface area contributed by atoms with Gasteiger partial charge in [-0.1, -0.05) is 0 Å². The van der Waals surface area contributed by atoms with E-state index in [0.717, 1.165) is 24.9 Å². The largest absolute Gasteiger partial charge is 0.481 e. The molecular formula is C14H19N3O3. The Labute approximate surface area is 117 Å². The molecule has 1 aliphatic heterocycles. The first-order valence-electron chi connectivity index (χ1n) is 7.18. The summed E-state index contributed by atoms with van der Waals surface area (Å²) < 4.78 is 1.78. The third kappa shape index (κ3) is 2.19. The standard InChI is InChI=1S/C14H19N3O3/c1-2-16-8-9(7-15-16)13-11(14(19)20)5-6-12(18)17(13)10-3-4-10/h7-8,10-11,13H,2-6H2,1H3,(H,19,20). The molecule has 2 heterocycles. The zero-order chi connectivity index (χ0) is 14.3. The van der Waals surface area contributed by atoms with E-state index in [1.165, 1.54) is 0 Å². The fourth-order valence-corrected chi connectivity index (χ4v) is 3.06. The van der Waals surface area contributed by atoms with Gasteiger partial charge in [0.05, 0.1) is 18.2 Å². The molecule has 0 radical (unpaired) electrons. The van der Waals surface area contributed by atoms with Crippen LogP contribution < -0.4 is 0 Å². The number of carbonyl (C=O) groups excluding carboxylic acids is 1. The third-order valence-electron chi connectivity index (χ3n) is 4.21. The Bertz CT molecular complexity index is 536. The quantitative estimate of drug-likeness (QED) is 0.903. The Morgan fingerprint density at radius 3 is 2.75 bits per heavy atom. The van der Waals surface area contributed by atoms with Gasteiger partial charge in [0.15, 0.2) is 0 Å². The van der Waals surface area contributed by atoms with Crippen LogP contribution >= 0.6 is 0 Å². The van der Waals surface area contributed by atoms with Crippen molar-refractivity contribution in [3.05, 3.63) is 18.0 Å². The molecule has 2 aliphatic rings. The van der Waals surface area contributed by atoms with Gasteiger partial charge in [-0.05, 0) is 26.2 Å². The normalized spacial score (nSPS) is 26.9. The maximum atomic E-state index is 12.2. The zero-order valence-electron chi connectivity index (χ0n) is 11.5. The van der Waals surface area contributed by atoms with Gasteiger partial charge >= 0.3 is 5.97 Å². The van der Waals surface area contributed by atoms with Crippen LogP contribution in [0.4, 0.5) is 0 Å². The van der Waals surface area contributed by atoms with Crippen LogP contribution in [0, 0.1) is 5.92 Å². The number of likely N-dealkylation sites (tertiary alicyclic amines) is 1. The Hall–Kier alpha value is -1.85. The molecule has 1 aromatic heterocycles. The highest BCUT2D eigenvalue weighted by molar-refractivity contribution is 5.82. The summed E-state index contributed by atoms with van der Waals surface area (Å²) in [6, 6.07) is -0.138. The minimum Gasteiger partial charge on any atom is -0.481 e. The molecule has 1 amide bonds. The Kier molecular flexibility index (Phi) is 3.23. The van der Waals surface area contributed by atoms with Crippen molar-refractivity contribution in [1.29, 1.82) is 0 Å². The van der Waals surface area contributed by atoms with Gasteiger partial charge in [0.2, 0.25) is 5.91 Å². The van der Waals surface area contributed by atoms with Crippen molar-refractivity contribution in [1.82, 2.24) is 14.7 Å². The third-order valence-corrected chi connectivity index (χ3v) is 4.21. The average molecular weight is 277 g/mol. The van der Waals surface area contributed by atoms with Crippen LogP contribution in [0.5, 0.6) is 0 Å². The van der Waals surface area contributed by atoms with Crippen LogP contribution in [0.15, 0.2) is 12.4 Å². The molecule has 1 saturated heterocycles. The van der Waals surface area contributed by atoms with Crippen LogP contribution in [0.3, 0.4) is 0 Å². The lowest BCUT2D eigenvalue weighted by atomic mass is 9.85. The average Bonchev–Trinajstić information content (AvgIpc) is 3.15. The van der Waals surface area contributed by atoms with Crippen molar-refractivity contribution < 1.29 is 14.7 Å². The molecule has 2 fully saturated rings. The molecule has 0 aromatic carbocycles. The Balaban J connectivity index is 1.97. The van der Waals surface area contributed by atoms with E-state index in [4.69, 9.17) is 0 Å². The van der Waals surface area contributed by atoms with Crippen molar-refractivity contribution in [3.8, 4) is 0 Å². The monoisotopic (exact) mass is 277 g/mol. The van der Waals surface area contributed by atoms with Crippen LogP contribution in [-0.2, 0) is 16.1 Å². The Morgan fingerprint density at radius 2 is 2.20 bits per heavy atom. The van der Waals surface area contributed by atoms with E-state index in [-0.39, 0.29) is 18.0 Å². The maximum absolute atomic E-state index is 12.2. The molecule has 1 aliphatic carbocycles. The number of piperidine rings is 1. The first-order valence-corrected chi connectivity index (χ1v) is 7.18. The maximum Gasteiger partial charge on any atom is 0.308 e. The molecule has 6 heteroatoms. The molecule has 1 aromatic rings. The number of hydrogen-bond donors (Lipinski definition) is 1. The smallest absolute Gasteiger partial charge is 0.308 e. The van der Waals surface area contributed by atoms with Gasteiger partial charge in [-0.25, -0.2) is 0 Å². The van der Waals surface area contributed by atoms with Crippen molar-refractivity contribution >= 4 is 11.9 Å². The summed E-state index contributed by atoms with van der Waals surface area (Å²) in [4.78, 5) is 25.6. The van der Waals surface area contributed by atoms with E-state index in [0.29, 0.717) is 12.8 Å². The summed E-state index contributed by atoms with van der Waals surface area (Å²) in [5.41, 5.74) is 0.846. The first-order chi connectivity index (χ1) is 9.61. The van der Waals surface area contributed by atoms with E-state index in [1.54, 1.807) is 15.8 Å². The SMILES string of the molecule is CCn1cc(C2C(C(=O)O)CCC(=O)N2C2CC2)cn1. The van der Waals surface area contributed by atoms with Crippen LogP contribution in [0.1, 0.15) is 44.2 Å². The summed E-state index contributed by atoms with van der Waals surface area (Å²) in [6.07, 6.45) is 6.30. The number of nitrogens with zero attached hydrogens (tertiary/aromatic N) is 3. The lowest BCUT2D eigenvalue weighted by molar-refractivity contribution is -0.152. The van der Waals surface area contributed by atoms with Gasteiger partial charge in [0, 0.05) is 30.8 Å². The van der Waals surface area contributed by atoms with Crippen molar-refractivity contribution in [2.75, 3.05) is 0 Å². The van der Waals surface area contributed by atoms with E-state index < -0.39 is 11.9 Å². The Morgan fingerprint density at radius 1 is 1.45 bits per heavy atom. The number of aliphatic carboxylic acids is 1. The molecular weight excluding hydrogens is 258 g/mol. The summed E-state index contributed by atoms with van der Waals surface area (Å²) >= 11 is 0. The minimum absolute atomic E-state index is 0.0826. The molecule has 2 atom stereocenters. The van der Waals surface area contributed by atoms with E-state index in [9.17, 15) is 14.7 Å². The number of carboxylic acid groups (broad SMARTS) is 1. The van der Waals surface area contributed by atoms with Gasteiger partial charge < -0.3 is 10.0 Å². The highest BCUT2D eigenvalue weighted by Gasteiger charge is 2.46. The first kappa shape index (κ1) is 13.1. The molecule has 1 N–H and O–H groups in total. The number of carboxylic acids is 1. The van der Waals surface area contributed by atoms with Crippen molar-refractivity contribution in [2.45, 2.75) is 51.2 Å². The summed E-state index contributed by atoms with van der Waals surface area (Å²) in [5.74, 6) is -1.26. The predicted octanol–water partition coefficient (Wildman–Crippen LogP) is 1.43. The second kappa shape index (κ2) is 4.92. The molecule has 108 valence electrons. The second-order valence-corrected chi connectivity index (χ2v) is 5.59. The summed E-state index contributed by atoms with van der Waals surface area (Å²) in [5, 5.41) is 13.7. The van der Waals surface area contributed by atoms with Crippen LogP contribution in [0.2, 0.25) is 0 Å². The zero-order valence-corrected chi connectivity index (χ0v) is 11.5. The van der Waals surface area contributed by atoms with Crippen LogP contribution in [0.25, 0.3) is 0 Å². The highest BCUT2D eigenvalue weighted by atomic mass is 16.4. The van der Waals surface area contributed by atoms with Gasteiger partial charge in [0.25, 0.3) is 0 Å². The molecule has 2 unspecified atom stereocenters. The number of aromatic nitrogens is 2. The topological polar surface area (TPSA) is 75.4 Å². The molecule has 0 bridgehead atoms. The number of amides is 1.